The Kier molecular flexibility index (Phi) is 3.48. The second kappa shape index (κ2) is 5.02. The number of methoxy groups -OCH3 is 1. The van der Waals surface area contributed by atoms with Crippen molar-refractivity contribution in [2.45, 2.75) is 43.7 Å². The zero-order valence-electron chi connectivity index (χ0n) is 11.5. The molecule has 0 saturated heterocycles. The molecule has 1 amide bonds. The number of fused-ring (bicyclic) bond motifs is 1. The lowest BCUT2D eigenvalue weighted by molar-refractivity contribution is -0.115. The number of ether oxygens (including phenoxy) is 1. The van der Waals surface area contributed by atoms with Crippen LogP contribution < -0.4 is 11.1 Å². The number of carbonyl (C=O) groups is 1. The van der Waals surface area contributed by atoms with Gasteiger partial charge in [0, 0.05) is 23.9 Å². The summed E-state index contributed by atoms with van der Waals surface area (Å²) in [6.45, 7) is 0. The summed E-state index contributed by atoms with van der Waals surface area (Å²) in [5.74, 6) is 0.00847. The van der Waals surface area contributed by atoms with E-state index < -0.39 is 0 Å². The highest BCUT2D eigenvalue weighted by molar-refractivity contribution is 6.32. The molecule has 0 spiro atoms. The largest absolute Gasteiger partial charge is 0.378 e. The standard InChI is InChI=1S/C15H19ClN2O2/c1-20-15(3-2-4-15)8-12(17)10-5-9-6-14(19)18-13(9)7-11(10)16/h5,7,12H,2-4,6,8,17H2,1H3,(H,18,19). The second-order valence-corrected chi connectivity index (χ2v) is 6.21. The predicted molar refractivity (Wildman–Crippen MR) is 78.9 cm³/mol. The van der Waals surface area contributed by atoms with Crippen molar-refractivity contribution in [2.24, 2.45) is 5.73 Å². The van der Waals surface area contributed by atoms with Crippen LogP contribution in [0.5, 0.6) is 0 Å². The van der Waals surface area contributed by atoms with Gasteiger partial charge in [-0.1, -0.05) is 17.7 Å². The number of halogens is 1. The molecular formula is C15H19ClN2O2. The van der Waals surface area contributed by atoms with Crippen LogP contribution in [-0.2, 0) is 16.0 Å². The molecule has 1 heterocycles. The molecule has 0 aromatic heterocycles. The summed E-state index contributed by atoms with van der Waals surface area (Å²) in [6.07, 6.45) is 4.47. The first-order chi connectivity index (χ1) is 9.53. The second-order valence-electron chi connectivity index (χ2n) is 5.81. The molecule has 2 aliphatic rings. The van der Waals surface area contributed by atoms with Crippen molar-refractivity contribution in [3.63, 3.8) is 0 Å². The molecule has 0 bridgehead atoms. The zero-order valence-corrected chi connectivity index (χ0v) is 12.3. The summed E-state index contributed by atoms with van der Waals surface area (Å²) >= 11 is 6.31. The molecule has 1 atom stereocenters. The number of anilines is 1. The van der Waals surface area contributed by atoms with Gasteiger partial charge >= 0.3 is 0 Å². The van der Waals surface area contributed by atoms with Crippen LogP contribution in [-0.4, -0.2) is 18.6 Å². The highest BCUT2D eigenvalue weighted by Gasteiger charge is 2.39. The molecule has 0 radical (unpaired) electrons. The number of amides is 1. The number of rotatable bonds is 4. The van der Waals surface area contributed by atoms with Gasteiger partial charge in [0.25, 0.3) is 0 Å². The van der Waals surface area contributed by atoms with E-state index in [9.17, 15) is 4.79 Å². The molecule has 1 unspecified atom stereocenters. The van der Waals surface area contributed by atoms with Crippen LogP contribution in [0.4, 0.5) is 5.69 Å². The topological polar surface area (TPSA) is 64.3 Å². The van der Waals surface area contributed by atoms with Gasteiger partial charge < -0.3 is 15.8 Å². The van der Waals surface area contributed by atoms with Gasteiger partial charge in [-0.05, 0) is 42.9 Å². The minimum Gasteiger partial charge on any atom is -0.378 e. The Morgan fingerprint density at radius 3 is 2.85 bits per heavy atom. The summed E-state index contributed by atoms with van der Waals surface area (Å²) in [5.41, 5.74) is 8.93. The molecule has 3 N–H and O–H groups in total. The first-order valence-electron chi connectivity index (χ1n) is 6.96. The van der Waals surface area contributed by atoms with E-state index in [1.165, 1.54) is 6.42 Å². The van der Waals surface area contributed by atoms with E-state index in [1.807, 2.05) is 6.07 Å². The molecule has 5 heteroatoms. The minimum absolute atomic E-state index is 0.00847. The fourth-order valence-corrected chi connectivity index (χ4v) is 3.43. The van der Waals surface area contributed by atoms with E-state index in [2.05, 4.69) is 5.32 Å². The van der Waals surface area contributed by atoms with Crippen molar-refractivity contribution in [2.75, 3.05) is 12.4 Å². The van der Waals surface area contributed by atoms with Gasteiger partial charge in [-0.25, -0.2) is 0 Å². The zero-order chi connectivity index (χ0) is 14.3. The lowest BCUT2D eigenvalue weighted by Gasteiger charge is -2.42. The summed E-state index contributed by atoms with van der Waals surface area (Å²) in [6, 6.07) is 3.60. The first-order valence-corrected chi connectivity index (χ1v) is 7.34. The highest BCUT2D eigenvalue weighted by atomic mass is 35.5. The molecule has 20 heavy (non-hydrogen) atoms. The van der Waals surface area contributed by atoms with Crippen LogP contribution in [0.1, 0.15) is 42.9 Å². The minimum atomic E-state index is -0.163. The molecule has 3 rings (SSSR count). The number of nitrogens with two attached hydrogens (primary N) is 1. The highest BCUT2D eigenvalue weighted by Crippen LogP contribution is 2.43. The Morgan fingerprint density at radius 2 is 2.25 bits per heavy atom. The lowest BCUT2D eigenvalue weighted by Crippen LogP contribution is -2.41. The van der Waals surface area contributed by atoms with Gasteiger partial charge in [0.05, 0.1) is 12.0 Å². The van der Waals surface area contributed by atoms with Crippen molar-refractivity contribution in [1.82, 2.24) is 0 Å². The fourth-order valence-electron chi connectivity index (χ4n) is 3.12. The third-order valence-corrected chi connectivity index (χ3v) is 4.86. The van der Waals surface area contributed by atoms with Crippen molar-refractivity contribution >= 4 is 23.2 Å². The Balaban J connectivity index is 1.83. The van der Waals surface area contributed by atoms with Crippen LogP contribution in [0.25, 0.3) is 0 Å². The first kappa shape index (κ1) is 13.9. The predicted octanol–water partition coefficient (Wildman–Crippen LogP) is 2.79. The normalized spacial score (nSPS) is 21.1. The maximum absolute atomic E-state index is 11.4. The number of hydrogen-bond acceptors (Lipinski definition) is 3. The number of carbonyl (C=O) groups excluding carboxylic acids is 1. The van der Waals surface area contributed by atoms with Crippen LogP contribution in [0, 0.1) is 0 Å². The van der Waals surface area contributed by atoms with Crippen LogP contribution >= 0.6 is 11.6 Å². The molecule has 1 aliphatic carbocycles. The van der Waals surface area contributed by atoms with E-state index in [1.54, 1.807) is 13.2 Å². The smallest absolute Gasteiger partial charge is 0.228 e. The van der Waals surface area contributed by atoms with Crippen molar-refractivity contribution in [3.05, 3.63) is 28.3 Å². The van der Waals surface area contributed by atoms with Gasteiger partial charge in [0.2, 0.25) is 5.91 Å². The average molecular weight is 295 g/mol. The number of benzene rings is 1. The molecule has 1 aliphatic heterocycles. The molecular weight excluding hydrogens is 276 g/mol. The van der Waals surface area contributed by atoms with Gasteiger partial charge in [-0.3, -0.25) is 4.79 Å². The van der Waals surface area contributed by atoms with Crippen LogP contribution in [0.3, 0.4) is 0 Å². The van der Waals surface area contributed by atoms with E-state index in [4.69, 9.17) is 22.1 Å². The van der Waals surface area contributed by atoms with Crippen molar-refractivity contribution in [3.8, 4) is 0 Å². The summed E-state index contributed by atoms with van der Waals surface area (Å²) in [4.78, 5) is 11.4. The lowest BCUT2D eigenvalue weighted by atomic mass is 9.75. The Morgan fingerprint density at radius 1 is 1.50 bits per heavy atom. The van der Waals surface area contributed by atoms with E-state index in [0.29, 0.717) is 11.4 Å². The van der Waals surface area contributed by atoms with Crippen LogP contribution in [0.15, 0.2) is 12.1 Å². The van der Waals surface area contributed by atoms with E-state index in [0.717, 1.165) is 36.1 Å². The maximum Gasteiger partial charge on any atom is 0.228 e. The third kappa shape index (κ3) is 2.32. The maximum atomic E-state index is 11.4. The molecule has 108 valence electrons. The fraction of sp³-hybridized carbons (Fsp3) is 0.533. The van der Waals surface area contributed by atoms with Crippen LogP contribution in [0.2, 0.25) is 5.02 Å². The third-order valence-electron chi connectivity index (χ3n) is 4.54. The van der Waals surface area contributed by atoms with Gasteiger partial charge in [0.1, 0.15) is 0 Å². The Labute approximate surface area is 123 Å². The quantitative estimate of drug-likeness (QED) is 0.897. The average Bonchev–Trinajstić information content (AvgIpc) is 2.71. The van der Waals surface area contributed by atoms with Crippen molar-refractivity contribution in [1.29, 1.82) is 0 Å². The summed E-state index contributed by atoms with van der Waals surface area (Å²) < 4.78 is 5.63. The Hall–Kier alpha value is -1.10. The summed E-state index contributed by atoms with van der Waals surface area (Å²) in [7, 11) is 1.75. The van der Waals surface area contributed by atoms with Crippen molar-refractivity contribution < 1.29 is 9.53 Å². The number of nitrogens with one attached hydrogen (secondary N) is 1. The molecule has 4 nitrogen and oxygen atoms in total. The SMILES string of the molecule is COC1(CC(N)c2cc3c(cc2Cl)NC(=O)C3)CCC1. The summed E-state index contributed by atoms with van der Waals surface area (Å²) in [5, 5.41) is 3.41. The van der Waals surface area contributed by atoms with E-state index >= 15 is 0 Å². The molecule has 1 saturated carbocycles. The van der Waals surface area contributed by atoms with Gasteiger partial charge in [0.15, 0.2) is 0 Å². The Bertz CT molecular complexity index is 550. The van der Waals surface area contributed by atoms with E-state index in [-0.39, 0.29) is 17.6 Å². The molecule has 1 aromatic rings. The van der Waals surface area contributed by atoms with Gasteiger partial charge in [-0.15, -0.1) is 0 Å². The molecule has 1 aromatic carbocycles. The van der Waals surface area contributed by atoms with Gasteiger partial charge in [-0.2, -0.15) is 0 Å². The monoisotopic (exact) mass is 294 g/mol. The number of hydrogen-bond donors (Lipinski definition) is 2. The molecule has 1 fully saturated rings.